The molecule has 0 aliphatic heterocycles. The second-order valence-electron chi connectivity index (χ2n) is 4.84. The van der Waals surface area contributed by atoms with E-state index in [1.807, 2.05) is 12.1 Å². The lowest BCUT2D eigenvalue weighted by atomic mass is 10.0. The maximum Gasteiger partial charge on any atom is 0.119 e. The van der Waals surface area contributed by atoms with Crippen LogP contribution in [0.2, 0.25) is 0 Å². The first-order chi connectivity index (χ1) is 9.74. The summed E-state index contributed by atoms with van der Waals surface area (Å²) in [6.45, 7) is 0.974. The van der Waals surface area contributed by atoms with Crippen LogP contribution in [0.3, 0.4) is 0 Å². The summed E-state index contributed by atoms with van der Waals surface area (Å²) in [5.41, 5.74) is 2.57. The number of hydrogen-bond acceptors (Lipinski definition) is 2. The molecule has 0 saturated heterocycles. The van der Waals surface area contributed by atoms with Crippen molar-refractivity contribution in [3.05, 3.63) is 60.2 Å². The summed E-state index contributed by atoms with van der Waals surface area (Å²) in [5, 5.41) is 0.956. The van der Waals surface area contributed by atoms with Crippen LogP contribution in [-0.4, -0.2) is 26.0 Å². The number of nitrogens with zero attached hydrogens (tertiary/aromatic N) is 1. The Morgan fingerprint density at radius 2 is 1.70 bits per heavy atom. The number of anilines is 1. The Morgan fingerprint density at radius 3 is 2.25 bits per heavy atom. The maximum atomic E-state index is 5.19. The van der Waals surface area contributed by atoms with E-state index in [1.54, 1.807) is 7.11 Å². The standard InChI is InChI=1S/C17H20BrNO/c1-19(16-8-10-17(20-2)11-9-16)13-15(12-18)14-6-4-3-5-7-14/h3-11,15H,12-13H2,1-2H3. The summed E-state index contributed by atoms with van der Waals surface area (Å²) in [6.07, 6.45) is 0. The molecular weight excluding hydrogens is 314 g/mol. The van der Waals surface area contributed by atoms with Gasteiger partial charge in [0, 0.05) is 30.5 Å². The quantitative estimate of drug-likeness (QED) is 0.730. The lowest BCUT2D eigenvalue weighted by Crippen LogP contribution is -2.25. The molecule has 1 unspecified atom stereocenters. The van der Waals surface area contributed by atoms with E-state index >= 15 is 0 Å². The van der Waals surface area contributed by atoms with E-state index in [0.717, 1.165) is 17.6 Å². The van der Waals surface area contributed by atoms with Crippen molar-refractivity contribution in [3.8, 4) is 5.75 Å². The fraction of sp³-hybridized carbons (Fsp3) is 0.294. The minimum absolute atomic E-state index is 0.475. The third kappa shape index (κ3) is 3.76. The highest BCUT2D eigenvalue weighted by Gasteiger charge is 2.13. The molecule has 0 heterocycles. The lowest BCUT2D eigenvalue weighted by Gasteiger charge is -2.25. The number of hydrogen-bond donors (Lipinski definition) is 0. The predicted octanol–water partition coefficient (Wildman–Crippen LogP) is 4.31. The van der Waals surface area contributed by atoms with Gasteiger partial charge in [0.05, 0.1) is 7.11 Å². The van der Waals surface area contributed by atoms with Gasteiger partial charge < -0.3 is 9.64 Å². The molecule has 106 valence electrons. The second kappa shape index (κ2) is 7.34. The Bertz CT molecular complexity index is 512. The van der Waals surface area contributed by atoms with E-state index in [-0.39, 0.29) is 0 Å². The van der Waals surface area contributed by atoms with E-state index < -0.39 is 0 Å². The van der Waals surface area contributed by atoms with Crippen molar-refractivity contribution in [2.24, 2.45) is 0 Å². The van der Waals surface area contributed by atoms with Crippen LogP contribution in [0.15, 0.2) is 54.6 Å². The molecule has 0 amide bonds. The number of halogens is 1. The average molecular weight is 334 g/mol. The molecule has 20 heavy (non-hydrogen) atoms. The number of likely N-dealkylation sites (N-methyl/N-ethyl adjacent to an activating group) is 1. The van der Waals surface area contributed by atoms with Gasteiger partial charge in [0.15, 0.2) is 0 Å². The van der Waals surface area contributed by atoms with Crippen molar-refractivity contribution < 1.29 is 4.74 Å². The van der Waals surface area contributed by atoms with Gasteiger partial charge in [-0.3, -0.25) is 0 Å². The molecule has 1 atom stereocenters. The van der Waals surface area contributed by atoms with Crippen molar-refractivity contribution >= 4 is 21.6 Å². The Kier molecular flexibility index (Phi) is 5.48. The molecule has 0 spiro atoms. The molecule has 0 radical (unpaired) electrons. The molecule has 0 fully saturated rings. The summed E-state index contributed by atoms with van der Waals surface area (Å²) < 4.78 is 5.19. The van der Waals surface area contributed by atoms with Crippen LogP contribution >= 0.6 is 15.9 Å². The van der Waals surface area contributed by atoms with Crippen molar-refractivity contribution in [2.45, 2.75) is 5.92 Å². The third-order valence-electron chi connectivity index (χ3n) is 3.46. The molecule has 0 aromatic heterocycles. The molecule has 0 N–H and O–H groups in total. The molecule has 0 saturated carbocycles. The predicted molar refractivity (Wildman–Crippen MR) is 89.2 cm³/mol. The molecule has 2 rings (SSSR count). The van der Waals surface area contributed by atoms with Gasteiger partial charge in [0.2, 0.25) is 0 Å². The normalized spacial score (nSPS) is 11.9. The largest absolute Gasteiger partial charge is 0.497 e. The van der Waals surface area contributed by atoms with Gasteiger partial charge in [0.25, 0.3) is 0 Å². The van der Waals surface area contributed by atoms with Gasteiger partial charge in [-0.2, -0.15) is 0 Å². The maximum absolute atomic E-state index is 5.19. The zero-order chi connectivity index (χ0) is 14.4. The second-order valence-corrected chi connectivity index (χ2v) is 5.49. The van der Waals surface area contributed by atoms with Crippen LogP contribution in [0.5, 0.6) is 5.75 Å². The van der Waals surface area contributed by atoms with Gasteiger partial charge >= 0.3 is 0 Å². The monoisotopic (exact) mass is 333 g/mol. The fourth-order valence-electron chi connectivity index (χ4n) is 2.24. The summed E-state index contributed by atoms with van der Waals surface area (Å²) in [5.74, 6) is 1.37. The minimum atomic E-state index is 0.475. The van der Waals surface area contributed by atoms with Crippen LogP contribution in [0, 0.1) is 0 Å². The Morgan fingerprint density at radius 1 is 1.05 bits per heavy atom. The highest BCUT2D eigenvalue weighted by Crippen LogP contribution is 2.23. The Balaban J connectivity index is 2.06. The Labute approximate surface area is 129 Å². The van der Waals surface area contributed by atoms with Gasteiger partial charge in [-0.05, 0) is 29.8 Å². The molecule has 0 aliphatic carbocycles. The SMILES string of the molecule is COc1ccc(N(C)CC(CBr)c2ccccc2)cc1. The summed E-state index contributed by atoms with van der Waals surface area (Å²) >= 11 is 3.63. The zero-order valence-electron chi connectivity index (χ0n) is 11.9. The molecular formula is C17H20BrNO. The topological polar surface area (TPSA) is 12.5 Å². The number of ether oxygens (including phenoxy) is 1. The first-order valence-electron chi connectivity index (χ1n) is 6.70. The van der Waals surface area contributed by atoms with Gasteiger partial charge in [0.1, 0.15) is 5.75 Å². The highest BCUT2D eigenvalue weighted by molar-refractivity contribution is 9.09. The zero-order valence-corrected chi connectivity index (χ0v) is 13.5. The Hall–Kier alpha value is -1.48. The van der Waals surface area contributed by atoms with Crippen molar-refractivity contribution in [1.29, 1.82) is 0 Å². The molecule has 2 aromatic carbocycles. The molecule has 0 aliphatic rings. The van der Waals surface area contributed by atoms with E-state index in [4.69, 9.17) is 4.74 Å². The van der Waals surface area contributed by atoms with Gasteiger partial charge in [-0.15, -0.1) is 0 Å². The van der Waals surface area contributed by atoms with Crippen molar-refractivity contribution in [3.63, 3.8) is 0 Å². The summed E-state index contributed by atoms with van der Waals surface area (Å²) in [7, 11) is 3.81. The van der Waals surface area contributed by atoms with Crippen LogP contribution in [0.1, 0.15) is 11.5 Å². The number of rotatable bonds is 6. The van der Waals surface area contributed by atoms with Crippen molar-refractivity contribution in [1.82, 2.24) is 0 Å². The highest BCUT2D eigenvalue weighted by atomic mass is 79.9. The molecule has 2 nitrogen and oxygen atoms in total. The van der Waals surface area contributed by atoms with Crippen LogP contribution in [0.25, 0.3) is 0 Å². The molecule has 3 heteroatoms. The van der Waals surface area contributed by atoms with E-state index in [1.165, 1.54) is 11.3 Å². The summed E-state index contributed by atoms with van der Waals surface area (Å²) in [4.78, 5) is 2.28. The van der Waals surface area contributed by atoms with E-state index in [0.29, 0.717) is 5.92 Å². The van der Waals surface area contributed by atoms with Crippen LogP contribution < -0.4 is 9.64 Å². The fourth-order valence-corrected chi connectivity index (χ4v) is 2.82. The van der Waals surface area contributed by atoms with Gasteiger partial charge in [-0.1, -0.05) is 46.3 Å². The number of benzene rings is 2. The molecule has 0 bridgehead atoms. The smallest absolute Gasteiger partial charge is 0.119 e. The van der Waals surface area contributed by atoms with Crippen LogP contribution in [0.4, 0.5) is 5.69 Å². The van der Waals surface area contributed by atoms with E-state index in [9.17, 15) is 0 Å². The van der Waals surface area contributed by atoms with Gasteiger partial charge in [-0.25, -0.2) is 0 Å². The average Bonchev–Trinajstić information content (AvgIpc) is 2.53. The first kappa shape index (κ1) is 14.9. The third-order valence-corrected chi connectivity index (χ3v) is 4.25. The number of methoxy groups -OCH3 is 1. The first-order valence-corrected chi connectivity index (χ1v) is 7.83. The summed E-state index contributed by atoms with van der Waals surface area (Å²) in [6, 6.07) is 18.8. The number of alkyl halides is 1. The van der Waals surface area contributed by atoms with E-state index in [2.05, 4.69) is 70.3 Å². The van der Waals surface area contributed by atoms with Crippen LogP contribution in [-0.2, 0) is 0 Å². The minimum Gasteiger partial charge on any atom is -0.497 e. The lowest BCUT2D eigenvalue weighted by molar-refractivity contribution is 0.415. The van der Waals surface area contributed by atoms with Crippen molar-refractivity contribution in [2.75, 3.05) is 30.9 Å². The molecule has 2 aromatic rings.